The fourth-order valence-corrected chi connectivity index (χ4v) is 1.70. The summed E-state index contributed by atoms with van der Waals surface area (Å²) >= 11 is 0. The fourth-order valence-electron chi connectivity index (χ4n) is 1.70. The largest absolute Gasteiger partial charge is 0.389 e. The van der Waals surface area contributed by atoms with Gasteiger partial charge in [-0.3, -0.25) is 0 Å². The third-order valence-corrected chi connectivity index (χ3v) is 2.44. The molecule has 0 bridgehead atoms. The molecule has 2 aliphatic heterocycles. The number of oxime groups is 1. The summed E-state index contributed by atoms with van der Waals surface area (Å²) in [6.07, 6.45) is 0.670. The second-order valence-electron chi connectivity index (χ2n) is 3.34. The zero-order valence-electron chi connectivity index (χ0n) is 7.00. The lowest BCUT2D eigenvalue weighted by molar-refractivity contribution is 0.0135. The molecule has 0 spiro atoms. The SMILES string of the molecule is CC1CC2C(=NO[C@H]2CF)CO1. The minimum Gasteiger partial charge on any atom is -0.389 e. The van der Waals surface area contributed by atoms with Crippen molar-refractivity contribution in [1.29, 1.82) is 0 Å². The van der Waals surface area contributed by atoms with Gasteiger partial charge in [0.1, 0.15) is 6.67 Å². The Morgan fingerprint density at radius 2 is 2.50 bits per heavy atom. The number of hydrogen-bond donors (Lipinski definition) is 0. The Balaban J connectivity index is 2.06. The van der Waals surface area contributed by atoms with Crippen molar-refractivity contribution in [2.45, 2.75) is 25.6 Å². The quantitative estimate of drug-likeness (QED) is 0.595. The Kier molecular flexibility index (Phi) is 2.00. The monoisotopic (exact) mass is 173 g/mol. The van der Waals surface area contributed by atoms with E-state index in [9.17, 15) is 4.39 Å². The van der Waals surface area contributed by atoms with Gasteiger partial charge in [0.25, 0.3) is 0 Å². The third kappa shape index (κ3) is 1.20. The molecule has 0 radical (unpaired) electrons. The van der Waals surface area contributed by atoms with E-state index in [1.165, 1.54) is 0 Å². The maximum Gasteiger partial charge on any atom is 0.164 e. The predicted molar refractivity (Wildman–Crippen MR) is 41.8 cm³/mol. The van der Waals surface area contributed by atoms with Crippen molar-refractivity contribution in [3.8, 4) is 0 Å². The minimum atomic E-state index is -0.454. The number of rotatable bonds is 1. The van der Waals surface area contributed by atoms with E-state index < -0.39 is 6.67 Å². The van der Waals surface area contributed by atoms with Crippen LogP contribution in [0.25, 0.3) is 0 Å². The zero-order chi connectivity index (χ0) is 8.55. The Bertz CT molecular complexity index is 207. The Morgan fingerprint density at radius 1 is 1.67 bits per heavy atom. The van der Waals surface area contributed by atoms with Gasteiger partial charge in [0.15, 0.2) is 6.10 Å². The van der Waals surface area contributed by atoms with E-state index in [0.717, 1.165) is 12.1 Å². The summed E-state index contributed by atoms with van der Waals surface area (Å²) in [7, 11) is 0. The summed E-state index contributed by atoms with van der Waals surface area (Å²) in [5, 5.41) is 3.80. The standard InChI is InChI=1S/C8H12FNO2/c1-5-2-6-7(4-11-5)10-12-8(6)3-9/h5-6,8H,2-4H2,1H3/t5?,6?,8-/m0/s1. The van der Waals surface area contributed by atoms with Crippen LogP contribution in [0.1, 0.15) is 13.3 Å². The number of halogens is 1. The van der Waals surface area contributed by atoms with Crippen LogP contribution in [0.2, 0.25) is 0 Å². The first-order valence-corrected chi connectivity index (χ1v) is 4.21. The average Bonchev–Trinajstić information content (AvgIpc) is 2.46. The van der Waals surface area contributed by atoms with Crippen molar-refractivity contribution >= 4 is 5.71 Å². The molecule has 1 fully saturated rings. The van der Waals surface area contributed by atoms with Gasteiger partial charge < -0.3 is 9.57 Å². The molecule has 0 saturated carbocycles. The van der Waals surface area contributed by atoms with E-state index in [2.05, 4.69) is 5.16 Å². The normalized spacial score (nSPS) is 40.2. The van der Waals surface area contributed by atoms with Crippen LogP contribution in [-0.2, 0) is 9.57 Å². The summed E-state index contributed by atoms with van der Waals surface area (Å²) in [5.41, 5.74) is 0.871. The van der Waals surface area contributed by atoms with Crippen LogP contribution in [-0.4, -0.2) is 31.2 Å². The van der Waals surface area contributed by atoms with Crippen LogP contribution >= 0.6 is 0 Å². The highest BCUT2D eigenvalue weighted by molar-refractivity contribution is 5.89. The van der Waals surface area contributed by atoms with Gasteiger partial charge in [-0.05, 0) is 13.3 Å². The summed E-state index contributed by atoms with van der Waals surface area (Å²) in [5.74, 6) is 0.152. The number of nitrogens with zero attached hydrogens (tertiary/aromatic N) is 1. The van der Waals surface area contributed by atoms with Crippen LogP contribution in [0, 0.1) is 5.92 Å². The van der Waals surface area contributed by atoms with Crippen molar-refractivity contribution in [1.82, 2.24) is 0 Å². The lowest BCUT2D eigenvalue weighted by Crippen LogP contribution is -2.36. The summed E-state index contributed by atoms with van der Waals surface area (Å²) in [6.45, 7) is 2.04. The molecule has 68 valence electrons. The van der Waals surface area contributed by atoms with Gasteiger partial charge in [-0.2, -0.15) is 0 Å². The van der Waals surface area contributed by atoms with E-state index in [1.807, 2.05) is 6.92 Å². The maximum absolute atomic E-state index is 12.4. The van der Waals surface area contributed by atoms with E-state index in [0.29, 0.717) is 6.61 Å². The fraction of sp³-hybridized carbons (Fsp3) is 0.875. The highest BCUT2D eigenvalue weighted by Crippen LogP contribution is 2.28. The number of ether oxygens (including phenoxy) is 1. The smallest absolute Gasteiger partial charge is 0.164 e. The highest BCUT2D eigenvalue weighted by Gasteiger charge is 2.38. The van der Waals surface area contributed by atoms with E-state index >= 15 is 0 Å². The first kappa shape index (κ1) is 7.98. The first-order valence-electron chi connectivity index (χ1n) is 4.21. The molecule has 3 atom stereocenters. The molecule has 1 saturated heterocycles. The van der Waals surface area contributed by atoms with Crippen molar-refractivity contribution in [3.63, 3.8) is 0 Å². The third-order valence-electron chi connectivity index (χ3n) is 2.44. The van der Waals surface area contributed by atoms with E-state index in [1.54, 1.807) is 0 Å². The Hall–Kier alpha value is -0.640. The van der Waals surface area contributed by atoms with E-state index in [-0.39, 0.29) is 18.1 Å². The highest BCUT2D eigenvalue weighted by atomic mass is 19.1. The molecule has 0 aromatic rings. The maximum atomic E-state index is 12.4. The second-order valence-corrected chi connectivity index (χ2v) is 3.34. The van der Waals surface area contributed by atoms with Crippen LogP contribution < -0.4 is 0 Å². The summed E-state index contributed by atoms with van der Waals surface area (Å²) < 4.78 is 17.7. The van der Waals surface area contributed by atoms with Crippen LogP contribution in [0.3, 0.4) is 0 Å². The van der Waals surface area contributed by atoms with Crippen LogP contribution in [0.15, 0.2) is 5.16 Å². The molecule has 4 heteroatoms. The molecule has 0 amide bonds. The molecule has 0 aromatic heterocycles. The molecule has 3 nitrogen and oxygen atoms in total. The van der Waals surface area contributed by atoms with Gasteiger partial charge in [-0.25, -0.2) is 4.39 Å². The predicted octanol–water partition coefficient (Wildman–Crippen LogP) is 1.14. The minimum absolute atomic E-state index is 0.152. The van der Waals surface area contributed by atoms with Gasteiger partial charge in [0, 0.05) is 5.92 Å². The topological polar surface area (TPSA) is 30.8 Å². The molecule has 0 aromatic carbocycles. The molecule has 2 aliphatic rings. The second kappa shape index (κ2) is 3.01. The molecule has 12 heavy (non-hydrogen) atoms. The van der Waals surface area contributed by atoms with Gasteiger partial charge in [-0.15, -0.1) is 0 Å². The van der Waals surface area contributed by atoms with Gasteiger partial charge in [0.05, 0.1) is 18.4 Å². The molecule has 2 rings (SSSR count). The number of alkyl halides is 1. The summed E-state index contributed by atoms with van der Waals surface area (Å²) in [4.78, 5) is 4.93. The lowest BCUT2D eigenvalue weighted by Gasteiger charge is -2.25. The van der Waals surface area contributed by atoms with Crippen molar-refractivity contribution < 1.29 is 14.0 Å². The Labute approximate surface area is 70.5 Å². The molecule has 0 N–H and O–H groups in total. The van der Waals surface area contributed by atoms with E-state index in [4.69, 9.17) is 9.57 Å². The Morgan fingerprint density at radius 3 is 3.25 bits per heavy atom. The van der Waals surface area contributed by atoms with Crippen molar-refractivity contribution in [2.75, 3.05) is 13.3 Å². The molecule has 2 heterocycles. The van der Waals surface area contributed by atoms with Crippen molar-refractivity contribution in [2.24, 2.45) is 11.1 Å². The first-order chi connectivity index (χ1) is 5.81. The molecular formula is C8H12FNO2. The average molecular weight is 173 g/mol. The zero-order valence-corrected chi connectivity index (χ0v) is 7.00. The van der Waals surface area contributed by atoms with Gasteiger partial charge >= 0.3 is 0 Å². The number of fused-ring (bicyclic) bond motifs is 1. The number of hydrogen-bond acceptors (Lipinski definition) is 3. The van der Waals surface area contributed by atoms with Crippen LogP contribution in [0.4, 0.5) is 4.39 Å². The molecule has 0 aliphatic carbocycles. The summed E-state index contributed by atoms with van der Waals surface area (Å²) in [6, 6.07) is 0. The molecule has 2 unspecified atom stereocenters. The lowest BCUT2D eigenvalue weighted by atomic mass is 9.90. The van der Waals surface area contributed by atoms with Crippen molar-refractivity contribution in [3.05, 3.63) is 0 Å². The van der Waals surface area contributed by atoms with Crippen LogP contribution in [0.5, 0.6) is 0 Å². The van der Waals surface area contributed by atoms with Gasteiger partial charge in [-0.1, -0.05) is 5.16 Å². The molecular weight excluding hydrogens is 161 g/mol. The van der Waals surface area contributed by atoms with Gasteiger partial charge in [0.2, 0.25) is 0 Å².